The maximum atomic E-state index is 12.3. The number of benzene rings is 1. The lowest BCUT2D eigenvalue weighted by Gasteiger charge is -2.17. The van der Waals surface area contributed by atoms with Crippen LogP contribution in [0.4, 0.5) is 5.69 Å². The lowest BCUT2D eigenvalue weighted by molar-refractivity contribution is -0.862. The summed E-state index contributed by atoms with van der Waals surface area (Å²) < 4.78 is 0. The average molecular weight is 332 g/mol. The van der Waals surface area contributed by atoms with E-state index in [4.69, 9.17) is 0 Å². The highest BCUT2D eigenvalue weighted by atomic mass is 16.2. The molecule has 1 aromatic carbocycles. The van der Waals surface area contributed by atoms with Gasteiger partial charge in [-0.25, -0.2) is 0 Å². The summed E-state index contributed by atoms with van der Waals surface area (Å²) >= 11 is 0. The van der Waals surface area contributed by atoms with E-state index in [0.29, 0.717) is 12.5 Å². The monoisotopic (exact) mass is 332 g/mol. The van der Waals surface area contributed by atoms with Gasteiger partial charge in [0.05, 0.1) is 7.05 Å². The predicted molar refractivity (Wildman–Crippen MR) is 96.2 cm³/mol. The first-order valence-corrected chi connectivity index (χ1v) is 8.74. The van der Waals surface area contributed by atoms with E-state index in [1.54, 1.807) is 0 Å². The van der Waals surface area contributed by atoms with Crippen molar-refractivity contribution in [1.29, 1.82) is 0 Å². The molecule has 0 aliphatic heterocycles. The highest BCUT2D eigenvalue weighted by Gasteiger charge is 2.29. The third-order valence-electron chi connectivity index (χ3n) is 4.58. The number of quaternary nitrogens is 1. The maximum Gasteiger partial charge on any atom is 0.279 e. The summed E-state index contributed by atoms with van der Waals surface area (Å²) in [7, 11) is 1.87. The minimum atomic E-state index is -0.0643. The van der Waals surface area contributed by atoms with E-state index in [-0.39, 0.29) is 24.4 Å². The van der Waals surface area contributed by atoms with Crippen molar-refractivity contribution in [1.82, 2.24) is 5.32 Å². The van der Waals surface area contributed by atoms with Gasteiger partial charge in [-0.1, -0.05) is 17.7 Å². The van der Waals surface area contributed by atoms with Crippen LogP contribution in [0.25, 0.3) is 0 Å². The number of aryl methyl sites for hydroxylation is 3. The van der Waals surface area contributed by atoms with Gasteiger partial charge in [-0.3, -0.25) is 9.59 Å². The minimum absolute atomic E-state index is 0.0161. The molecule has 1 aliphatic carbocycles. The first-order chi connectivity index (χ1) is 11.3. The molecule has 2 rings (SSSR count). The normalized spacial score (nSPS) is 16.4. The van der Waals surface area contributed by atoms with Gasteiger partial charge in [-0.05, 0) is 57.6 Å². The third kappa shape index (κ3) is 5.34. The van der Waals surface area contributed by atoms with E-state index < -0.39 is 0 Å². The van der Waals surface area contributed by atoms with Gasteiger partial charge in [0, 0.05) is 11.7 Å². The van der Waals surface area contributed by atoms with Crippen molar-refractivity contribution in [3.05, 3.63) is 28.8 Å². The molecule has 5 nitrogen and oxygen atoms in total. The molecule has 0 bridgehead atoms. The zero-order chi connectivity index (χ0) is 17.9. The van der Waals surface area contributed by atoms with Gasteiger partial charge in [-0.2, -0.15) is 0 Å². The smallest absolute Gasteiger partial charge is 0.279 e. The Morgan fingerprint density at radius 2 is 1.67 bits per heavy atom. The molecule has 0 aromatic heterocycles. The van der Waals surface area contributed by atoms with Crippen molar-refractivity contribution >= 4 is 17.5 Å². The summed E-state index contributed by atoms with van der Waals surface area (Å²) in [6, 6.07) is 4.37. The molecule has 0 saturated heterocycles. The fourth-order valence-corrected chi connectivity index (χ4v) is 3.19. The Labute approximate surface area is 144 Å². The van der Waals surface area contributed by atoms with Crippen molar-refractivity contribution < 1.29 is 14.5 Å². The molecule has 3 N–H and O–H groups in total. The molecule has 132 valence electrons. The molecule has 2 atom stereocenters. The van der Waals surface area contributed by atoms with E-state index in [9.17, 15) is 9.59 Å². The fraction of sp³-hybridized carbons (Fsp3) is 0.579. The predicted octanol–water partition coefficient (Wildman–Crippen LogP) is 0.980. The molecule has 1 saturated carbocycles. The molecule has 1 unspecified atom stereocenters. The first kappa shape index (κ1) is 18.5. The van der Waals surface area contributed by atoms with Gasteiger partial charge >= 0.3 is 0 Å². The summed E-state index contributed by atoms with van der Waals surface area (Å²) in [5.74, 6) is 0.595. The Morgan fingerprint density at radius 1 is 1.12 bits per heavy atom. The van der Waals surface area contributed by atoms with Crippen molar-refractivity contribution in [3.63, 3.8) is 0 Å². The minimum Gasteiger partial charge on any atom is -0.348 e. The summed E-state index contributed by atoms with van der Waals surface area (Å²) in [4.78, 5) is 25.2. The largest absolute Gasteiger partial charge is 0.348 e. The summed E-state index contributed by atoms with van der Waals surface area (Å²) in [5.41, 5.74) is 4.20. The molecule has 5 heteroatoms. The Hall–Kier alpha value is -1.88. The highest BCUT2D eigenvalue weighted by Crippen LogP contribution is 2.32. The SMILES string of the molecule is Cc1cc(C)c(NC(=O)C[NH+](C)CC(=O)N[C@@H](C)C2CC2)c(C)c1. The van der Waals surface area contributed by atoms with Crippen LogP contribution in [0.2, 0.25) is 0 Å². The van der Waals surface area contributed by atoms with Gasteiger partial charge in [0.2, 0.25) is 0 Å². The number of carbonyl (C=O) groups is 2. The molecule has 1 aliphatic rings. The molecule has 24 heavy (non-hydrogen) atoms. The number of hydrogen-bond acceptors (Lipinski definition) is 2. The molecule has 2 amide bonds. The van der Waals surface area contributed by atoms with Crippen LogP contribution >= 0.6 is 0 Å². The summed E-state index contributed by atoms with van der Waals surface area (Å²) in [5, 5.41) is 6.02. The van der Waals surface area contributed by atoms with Gasteiger partial charge in [0.15, 0.2) is 13.1 Å². The second-order valence-corrected chi connectivity index (χ2v) is 7.33. The summed E-state index contributed by atoms with van der Waals surface area (Å²) in [6.07, 6.45) is 2.42. The quantitative estimate of drug-likeness (QED) is 0.697. The molecule has 0 heterocycles. The van der Waals surface area contributed by atoms with Crippen molar-refractivity contribution in [2.75, 3.05) is 25.5 Å². The van der Waals surface area contributed by atoms with Crippen LogP contribution in [0.3, 0.4) is 0 Å². The maximum absolute atomic E-state index is 12.3. The van der Waals surface area contributed by atoms with E-state index in [1.165, 1.54) is 18.4 Å². The average Bonchev–Trinajstić information content (AvgIpc) is 3.26. The number of likely N-dealkylation sites (N-methyl/N-ethyl adjacent to an activating group) is 1. The van der Waals surface area contributed by atoms with Crippen molar-refractivity contribution in [3.8, 4) is 0 Å². The van der Waals surface area contributed by atoms with E-state index in [0.717, 1.165) is 21.7 Å². The van der Waals surface area contributed by atoms with Crippen LogP contribution in [0.15, 0.2) is 12.1 Å². The van der Waals surface area contributed by atoms with Crippen LogP contribution in [0, 0.1) is 26.7 Å². The first-order valence-electron chi connectivity index (χ1n) is 8.74. The van der Waals surface area contributed by atoms with E-state index in [2.05, 4.69) is 29.7 Å². The second-order valence-electron chi connectivity index (χ2n) is 7.33. The molecule has 1 aromatic rings. The number of rotatable bonds is 7. The van der Waals surface area contributed by atoms with E-state index in [1.807, 2.05) is 27.8 Å². The van der Waals surface area contributed by atoms with Crippen LogP contribution in [0.1, 0.15) is 36.5 Å². The van der Waals surface area contributed by atoms with Crippen LogP contribution in [-0.4, -0.2) is 38.0 Å². The lowest BCUT2D eigenvalue weighted by Crippen LogP contribution is -3.11. The van der Waals surface area contributed by atoms with Crippen molar-refractivity contribution in [2.24, 2.45) is 5.92 Å². The zero-order valence-corrected chi connectivity index (χ0v) is 15.5. The number of amides is 2. The molecule has 1 fully saturated rings. The van der Waals surface area contributed by atoms with Gasteiger partial charge in [-0.15, -0.1) is 0 Å². The molecule has 0 spiro atoms. The number of hydrogen-bond donors (Lipinski definition) is 3. The van der Waals surface area contributed by atoms with Gasteiger partial charge in [0.25, 0.3) is 11.8 Å². The topological polar surface area (TPSA) is 62.6 Å². The van der Waals surface area contributed by atoms with Crippen LogP contribution < -0.4 is 15.5 Å². The Balaban J connectivity index is 1.82. The number of nitrogens with one attached hydrogen (secondary N) is 3. The van der Waals surface area contributed by atoms with E-state index >= 15 is 0 Å². The lowest BCUT2D eigenvalue weighted by atomic mass is 10.1. The van der Waals surface area contributed by atoms with Crippen molar-refractivity contribution in [2.45, 2.75) is 46.6 Å². The van der Waals surface area contributed by atoms with Gasteiger partial charge < -0.3 is 15.5 Å². The Kier molecular flexibility index (Phi) is 5.99. The standard InChI is InChI=1S/C19H29N3O2/c1-12-8-13(2)19(14(3)9-12)21-18(24)11-22(5)10-17(23)20-15(4)16-6-7-16/h8-9,15-16H,6-7,10-11H2,1-5H3,(H,20,23)(H,21,24)/p+1/t15-/m0/s1. The number of carbonyl (C=O) groups excluding carboxylic acids is 2. The molecule has 0 radical (unpaired) electrons. The molecular formula is C19H30N3O2+. The number of anilines is 1. The summed E-state index contributed by atoms with van der Waals surface area (Å²) in [6.45, 7) is 8.69. The zero-order valence-electron chi connectivity index (χ0n) is 15.5. The van der Waals surface area contributed by atoms with Gasteiger partial charge in [0.1, 0.15) is 0 Å². The Bertz CT molecular complexity index is 600. The fourth-order valence-electron chi connectivity index (χ4n) is 3.19. The Morgan fingerprint density at radius 3 is 2.21 bits per heavy atom. The molecular weight excluding hydrogens is 302 g/mol. The highest BCUT2D eigenvalue weighted by molar-refractivity contribution is 5.93. The second kappa shape index (κ2) is 7.79. The third-order valence-corrected chi connectivity index (χ3v) is 4.58. The van der Waals surface area contributed by atoms with Crippen LogP contribution in [0.5, 0.6) is 0 Å². The van der Waals surface area contributed by atoms with Crippen LogP contribution in [-0.2, 0) is 9.59 Å².